The number of anilines is 1. The first kappa shape index (κ1) is 16.1. The van der Waals surface area contributed by atoms with Crippen molar-refractivity contribution in [3.63, 3.8) is 0 Å². The van der Waals surface area contributed by atoms with Gasteiger partial charge < -0.3 is 5.32 Å². The van der Waals surface area contributed by atoms with Crippen molar-refractivity contribution in [3.8, 4) is 5.69 Å². The zero-order valence-corrected chi connectivity index (χ0v) is 14.6. The number of hydrogen-bond acceptors (Lipinski definition) is 5. The number of fused-ring (bicyclic) bond motifs is 1. The van der Waals surface area contributed by atoms with Gasteiger partial charge in [0.15, 0.2) is 5.65 Å². The molecule has 0 aliphatic carbocycles. The molecule has 132 valence electrons. The van der Waals surface area contributed by atoms with Crippen LogP contribution in [0.1, 0.15) is 18.2 Å². The number of aromatic amines is 1. The Bertz CT molecular complexity index is 1110. The SMILES string of the molecule is CCc1nn(C)cc1CNc1nc2c(cnn2-c2ccccc2)c(=O)[nH]1. The highest BCUT2D eigenvalue weighted by Gasteiger charge is 2.12. The van der Waals surface area contributed by atoms with E-state index in [0.717, 1.165) is 23.4 Å². The van der Waals surface area contributed by atoms with E-state index >= 15 is 0 Å². The van der Waals surface area contributed by atoms with Gasteiger partial charge in [0.1, 0.15) is 5.39 Å². The summed E-state index contributed by atoms with van der Waals surface area (Å²) in [5.41, 5.74) is 3.25. The molecule has 2 N–H and O–H groups in total. The molecule has 3 heterocycles. The molecular formula is C18H19N7O. The van der Waals surface area contributed by atoms with Gasteiger partial charge in [-0.1, -0.05) is 25.1 Å². The summed E-state index contributed by atoms with van der Waals surface area (Å²) in [6, 6.07) is 9.62. The monoisotopic (exact) mass is 349 g/mol. The molecule has 0 saturated heterocycles. The number of H-pyrrole nitrogens is 1. The Labute approximate surface area is 149 Å². The summed E-state index contributed by atoms with van der Waals surface area (Å²) in [5.74, 6) is 0.408. The van der Waals surface area contributed by atoms with Gasteiger partial charge in [-0.05, 0) is 18.6 Å². The lowest BCUT2D eigenvalue weighted by atomic mass is 10.2. The molecule has 0 unspecified atom stereocenters. The van der Waals surface area contributed by atoms with E-state index in [1.807, 2.05) is 43.6 Å². The van der Waals surface area contributed by atoms with Crippen LogP contribution in [0.3, 0.4) is 0 Å². The summed E-state index contributed by atoms with van der Waals surface area (Å²) >= 11 is 0. The molecule has 0 amide bonds. The van der Waals surface area contributed by atoms with E-state index in [2.05, 4.69) is 32.4 Å². The molecule has 0 spiro atoms. The highest BCUT2D eigenvalue weighted by atomic mass is 16.1. The number of aromatic nitrogens is 6. The summed E-state index contributed by atoms with van der Waals surface area (Å²) < 4.78 is 3.46. The second kappa shape index (κ2) is 6.47. The summed E-state index contributed by atoms with van der Waals surface area (Å²) in [6.07, 6.45) is 4.35. The number of nitrogens with one attached hydrogen (secondary N) is 2. The van der Waals surface area contributed by atoms with Gasteiger partial charge in [0.25, 0.3) is 5.56 Å². The quantitative estimate of drug-likeness (QED) is 0.575. The van der Waals surface area contributed by atoms with Crippen molar-refractivity contribution in [1.82, 2.24) is 29.5 Å². The maximum atomic E-state index is 12.4. The maximum Gasteiger partial charge on any atom is 0.263 e. The number of aryl methyl sites for hydroxylation is 2. The fourth-order valence-corrected chi connectivity index (χ4v) is 2.97. The normalized spacial score (nSPS) is 11.2. The molecule has 0 saturated carbocycles. The van der Waals surface area contributed by atoms with Gasteiger partial charge in [-0.2, -0.15) is 15.2 Å². The minimum atomic E-state index is -0.221. The Kier molecular flexibility index (Phi) is 4.00. The van der Waals surface area contributed by atoms with Gasteiger partial charge in [-0.25, -0.2) is 4.68 Å². The molecule has 0 aliphatic rings. The third-order valence-corrected chi connectivity index (χ3v) is 4.21. The lowest BCUT2D eigenvalue weighted by Gasteiger charge is -2.06. The van der Waals surface area contributed by atoms with E-state index in [0.29, 0.717) is 23.5 Å². The zero-order valence-electron chi connectivity index (χ0n) is 14.6. The predicted octanol–water partition coefficient (Wildman–Crippen LogP) is 2.02. The van der Waals surface area contributed by atoms with E-state index in [9.17, 15) is 4.79 Å². The van der Waals surface area contributed by atoms with Gasteiger partial charge in [0.2, 0.25) is 5.95 Å². The van der Waals surface area contributed by atoms with Crippen molar-refractivity contribution < 1.29 is 0 Å². The molecule has 1 aromatic carbocycles. The maximum absolute atomic E-state index is 12.4. The molecule has 0 fully saturated rings. The van der Waals surface area contributed by atoms with Gasteiger partial charge in [-0.15, -0.1) is 0 Å². The van der Waals surface area contributed by atoms with Crippen LogP contribution in [-0.4, -0.2) is 29.5 Å². The number of benzene rings is 1. The van der Waals surface area contributed by atoms with Crippen molar-refractivity contribution >= 4 is 17.0 Å². The zero-order chi connectivity index (χ0) is 18.1. The smallest absolute Gasteiger partial charge is 0.263 e. The molecular weight excluding hydrogens is 330 g/mol. The Morgan fingerprint density at radius 1 is 1.23 bits per heavy atom. The molecule has 8 heteroatoms. The molecule has 3 aromatic heterocycles. The minimum Gasteiger partial charge on any atom is -0.351 e. The van der Waals surface area contributed by atoms with Crippen molar-refractivity contribution in [2.75, 3.05) is 5.32 Å². The van der Waals surface area contributed by atoms with Gasteiger partial charge in [0, 0.05) is 25.4 Å². The van der Waals surface area contributed by atoms with E-state index in [1.54, 1.807) is 9.36 Å². The molecule has 0 bridgehead atoms. The van der Waals surface area contributed by atoms with Crippen LogP contribution in [0.5, 0.6) is 0 Å². The van der Waals surface area contributed by atoms with Crippen LogP contribution < -0.4 is 10.9 Å². The first-order valence-corrected chi connectivity index (χ1v) is 8.44. The van der Waals surface area contributed by atoms with Crippen LogP contribution >= 0.6 is 0 Å². The van der Waals surface area contributed by atoms with E-state index in [4.69, 9.17) is 0 Å². The third-order valence-electron chi connectivity index (χ3n) is 4.21. The van der Waals surface area contributed by atoms with Crippen molar-refractivity contribution in [1.29, 1.82) is 0 Å². The average Bonchev–Trinajstić information content (AvgIpc) is 3.24. The first-order valence-electron chi connectivity index (χ1n) is 8.44. The van der Waals surface area contributed by atoms with E-state index in [1.165, 1.54) is 6.20 Å². The first-order chi connectivity index (χ1) is 12.7. The van der Waals surface area contributed by atoms with E-state index in [-0.39, 0.29) is 5.56 Å². The lowest BCUT2D eigenvalue weighted by Crippen LogP contribution is -2.14. The lowest BCUT2D eigenvalue weighted by molar-refractivity contribution is 0.746. The molecule has 26 heavy (non-hydrogen) atoms. The minimum absolute atomic E-state index is 0.221. The van der Waals surface area contributed by atoms with Crippen molar-refractivity contribution in [3.05, 3.63) is 64.3 Å². The van der Waals surface area contributed by atoms with Crippen LogP contribution in [-0.2, 0) is 20.0 Å². The van der Waals surface area contributed by atoms with Gasteiger partial charge in [-0.3, -0.25) is 14.5 Å². The number of para-hydroxylation sites is 1. The van der Waals surface area contributed by atoms with E-state index < -0.39 is 0 Å². The van der Waals surface area contributed by atoms with Crippen LogP contribution in [0, 0.1) is 0 Å². The number of nitrogens with zero attached hydrogens (tertiary/aromatic N) is 5. The largest absolute Gasteiger partial charge is 0.351 e. The molecule has 0 radical (unpaired) electrons. The fourth-order valence-electron chi connectivity index (χ4n) is 2.97. The molecule has 0 atom stereocenters. The fraction of sp³-hybridized carbons (Fsp3) is 0.222. The number of hydrogen-bond donors (Lipinski definition) is 2. The highest BCUT2D eigenvalue weighted by molar-refractivity contribution is 5.76. The Morgan fingerprint density at radius 3 is 2.81 bits per heavy atom. The molecule has 4 aromatic rings. The Balaban J connectivity index is 1.69. The second-order valence-electron chi connectivity index (χ2n) is 6.03. The van der Waals surface area contributed by atoms with Gasteiger partial charge in [0.05, 0.1) is 17.6 Å². The summed E-state index contributed by atoms with van der Waals surface area (Å²) in [4.78, 5) is 19.7. The van der Waals surface area contributed by atoms with Crippen LogP contribution in [0.4, 0.5) is 5.95 Å². The Morgan fingerprint density at radius 2 is 2.04 bits per heavy atom. The molecule has 4 rings (SSSR count). The summed E-state index contributed by atoms with van der Waals surface area (Å²) in [6.45, 7) is 2.60. The van der Waals surface area contributed by atoms with Crippen LogP contribution in [0.2, 0.25) is 0 Å². The average molecular weight is 349 g/mol. The molecule has 8 nitrogen and oxygen atoms in total. The van der Waals surface area contributed by atoms with Crippen molar-refractivity contribution in [2.45, 2.75) is 19.9 Å². The summed E-state index contributed by atoms with van der Waals surface area (Å²) in [5, 5.41) is 12.4. The number of rotatable bonds is 5. The van der Waals surface area contributed by atoms with Crippen molar-refractivity contribution in [2.24, 2.45) is 7.05 Å². The van der Waals surface area contributed by atoms with Crippen LogP contribution in [0.25, 0.3) is 16.7 Å². The second-order valence-corrected chi connectivity index (χ2v) is 6.03. The Hall–Kier alpha value is -3.42. The standard InChI is InChI=1S/C18H19N7O/c1-3-15-12(11-24(2)23-15)9-19-18-21-16-14(17(26)22-18)10-20-25(16)13-7-5-4-6-8-13/h4-8,10-11H,3,9H2,1-2H3,(H2,19,21,22,26). The highest BCUT2D eigenvalue weighted by Crippen LogP contribution is 2.15. The topological polar surface area (TPSA) is 93.4 Å². The van der Waals surface area contributed by atoms with Crippen LogP contribution in [0.15, 0.2) is 47.5 Å². The third kappa shape index (κ3) is 2.85. The summed E-state index contributed by atoms with van der Waals surface area (Å²) in [7, 11) is 1.90. The van der Waals surface area contributed by atoms with Gasteiger partial charge >= 0.3 is 0 Å². The molecule has 0 aliphatic heterocycles. The predicted molar refractivity (Wildman–Crippen MR) is 99.4 cm³/mol.